The van der Waals surface area contributed by atoms with Crippen molar-refractivity contribution < 1.29 is 9.53 Å². The van der Waals surface area contributed by atoms with Crippen LogP contribution in [0.25, 0.3) is 0 Å². The first-order chi connectivity index (χ1) is 7.25. The molecule has 3 nitrogen and oxygen atoms in total. The number of hydrogen-bond donors (Lipinski definition) is 1. The normalized spacial score (nSPS) is 32.1. The highest BCUT2D eigenvalue weighted by atomic mass is 16.5. The minimum atomic E-state index is -0.00477. The Kier molecular flexibility index (Phi) is 3.62. The Hall–Kier alpha value is -0.570. The molecule has 3 heteroatoms. The quantitative estimate of drug-likeness (QED) is 0.725. The predicted molar refractivity (Wildman–Crippen MR) is 58.2 cm³/mol. The lowest BCUT2D eigenvalue weighted by Crippen LogP contribution is -2.21. The monoisotopic (exact) mass is 211 g/mol. The van der Waals surface area contributed by atoms with Crippen molar-refractivity contribution in [2.24, 2.45) is 17.6 Å². The van der Waals surface area contributed by atoms with E-state index < -0.39 is 0 Å². The third-order valence-electron chi connectivity index (χ3n) is 3.74. The van der Waals surface area contributed by atoms with Crippen LogP contribution < -0.4 is 5.73 Å². The van der Waals surface area contributed by atoms with E-state index in [2.05, 4.69) is 0 Å². The SMILES string of the molecule is N[C@H]1CC[C@@H](C(=O)OCC2CCCC2)C1. The van der Waals surface area contributed by atoms with Gasteiger partial charge in [0.15, 0.2) is 0 Å². The van der Waals surface area contributed by atoms with Gasteiger partial charge in [-0.2, -0.15) is 0 Å². The average molecular weight is 211 g/mol. The first-order valence-electron chi connectivity index (χ1n) is 6.18. The van der Waals surface area contributed by atoms with Gasteiger partial charge in [-0.3, -0.25) is 4.79 Å². The number of nitrogens with two attached hydrogens (primary N) is 1. The minimum Gasteiger partial charge on any atom is -0.465 e. The molecule has 0 saturated heterocycles. The van der Waals surface area contributed by atoms with Gasteiger partial charge < -0.3 is 10.5 Å². The molecular weight excluding hydrogens is 190 g/mol. The fourth-order valence-corrected chi connectivity index (χ4v) is 2.73. The van der Waals surface area contributed by atoms with E-state index in [0.29, 0.717) is 12.5 Å². The van der Waals surface area contributed by atoms with Gasteiger partial charge in [0.05, 0.1) is 12.5 Å². The smallest absolute Gasteiger partial charge is 0.308 e. The number of rotatable bonds is 3. The summed E-state index contributed by atoms with van der Waals surface area (Å²) in [5, 5.41) is 0. The van der Waals surface area contributed by atoms with Crippen LogP contribution in [-0.4, -0.2) is 18.6 Å². The maximum absolute atomic E-state index is 11.7. The van der Waals surface area contributed by atoms with Crippen LogP contribution in [0, 0.1) is 11.8 Å². The lowest BCUT2D eigenvalue weighted by atomic mass is 10.1. The summed E-state index contributed by atoms with van der Waals surface area (Å²) in [6, 6.07) is 0.217. The van der Waals surface area contributed by atoms with Crippen molar-refractivity contribution in [3.05, 3.63) is 0 Å². The van der Waals surface area contributed by atoms with Crippen LogP contribution in [-0.2, 0) is 9.53 Å². The summed E-state index contributed by atoms with van der Waals surface area (Å²) in [6.07, 6.45) is 7.79. The van der Waals surface area contributed by atoms with Crippen LogP contribution in [0.3, 0.4) is 0 Å². The van der Waals surface area contributed by atoms with Crippen molar-refractivity contribution in [3.8, 4) is 0 Å². The zero-order valence-corrected chi connectivity index (χ0v) is 9.28. The Balaban J connectivity index is 1.67. The molecule has 2 atom stereocenters. The summed E-state index contributed by atoms with van der Waals surface area (Å²) in [4.78, 5) is 11.7. The molecule has 0 aromatic carbocycles. The van der Waals surface area contributed by atoms with E-state index in [-0.39, 0.29) is 17.9 Å². The lowest BCUT2D eigenvalue weighted by molar-refractivity contribution is -0.149. The second-order valence-electron chi connectivity index (χ2n) is 5.05. The molecule has 15 heavy (non-hydrogen) atoms. The van der Waals surface area contributed by atoms with Gasteiger partial charge in [0.1, 0.15) is 0 Å². The largest absolute Gasteiger partial charge is 0.465 e. The van der Waals surface area contributed by atoms with E-state index >= 15 is 0 Å². The zero-order chi connectivity index (χ0) is 10.7. The molecule has 0 radical (unpaired) electrons. The maximum atomic E-state index is 11.7. The fourth-order valence-electron chi connectivity index (χ4n) is 2.73. The van der Waals surface area contributed by atoms with E-state index in [9.17, 15) is 4.79 Å². The third-order valence-corrected chi connectivity index (χ3v) is 3.74. The highest BCUT2D eigenvalue weighted by Crippen LogP contribution is 2.28. The number of esters is 1. The number of hydrogen-bond acceptors (Lipinski definition) is 3. The first kappa shape index (κ1) is 10.9. The summed E-state index contributed by atoms with van der Waals surface area (Å²) in [5.74, 6) is 0.709. The highest BCUT2D eigenvalue weighted by molar-refractivity contribution is 5.72. The number of ether oxygens (including phenoxy) is 1. The van der Waals surface area contributed by atoms with Gasteiger partial charge in [0.25, 0.3) is 0 Å². The maximum Gasteiger partial charge on any atom is 0.308 e. The molecule has 0 unspecified atom stereocenters. The lowest BCUT2D eigenvalue weighted by Gasteiger charge is -2.13. The molecule has 0 heterocycles. The molecule has 0 bridgehead atoms. The summed E-state index contributed by atoms with van der Waals surface area (Å²) in [6.45, 7) is 0.643. The van der Waals surface area contributed by atoms with Gasteiger partial charge in [-0.1, -0.05) is 12.8 Å². The fraction of sp³-hybridized carbons (Fsp3) is 0.917. The molecule has 2 fully saturated rings. The summed E-state index contributed by atoms with van der Waals surface area (Å²) in [7, 11) is 0. The Morgan fingerprint density at radius 2 is 1.93 bits per heavy atom. The Labute approximate surface area is 91.4 Å². The van der Waals surface area contributed by atoms with Crippen LogP contribution >= 0.6 is 0 Å². The van der Waals surface area contributed by atoms with Crippen molar-refractivity contribution in [1.29, 1.82) is 0 Å². The molecule has 2 aliphatic rings. The molecule has 0 amide bonds. The highest BCUT2D eigenvalue weighted by Gasteiger charge is 2.29. The molecule has 86 valence electrons. The molecule has 2 saturated carbocycles. The summed E-state index contributed by atoms with van der Waals surface area (Å²) < 4.78 is 5.36. The second kappa shape index (κ2) is 4.97. The Bertz CT molecular complexity index is 224. The van der Waals surface area contributed by atoms with E-state index in [1.165, 1.54) is 25.7 Å². The first-order valence-corrected chi connectivity index (χ1v) is 6.18. The van der Waals surface area contributed by atoms with Crippen molar-refractivity contribution in [2.45, 2.75) is 51.0 Å². The van der Waals surface area contributed by atoms with E-state index in [0.717, 1.165) is 19.3 Å². The molecule has 2 rings (SSSR count). The van der Waals surface area contributed by atoms with Crippen LogP contribution in [0.4, 0.5) is 0 Å². The topological polar surface area (TPSA) is 52.3 Å². The Morgan fingerprint density at radius 3 is 2.53 bits per heavy atom. The average Bonchev–Trinajstić information content (AvgIpc) is 2.84. The second-order valence-corrected chi connectivity index (χ2v) is 5.05. The van der Waals surface area contributed by atoms with Gasteiger partial charge in [-0.15, -0.1) is 0 Å². The van der Waals surface area contributed by atoms with Gasteiger partial charge in [-0.05, 0) is 38.0 Å². The van der Waals surface area contributed by atoms with Gasteiger partial charge in [0, 0.05) is 6.04 Å². The van der Waals surface area contributed by atoms with Gasteiger partial charge in [-0.25, -0.2) is 0 Å². The van der Waals surface area contributed by atoms with Crippen LogP contribution in [0.15, 0.2) is 0 Å². The molecule has 0 aromatic rings. The minimum absolute atomic E-state index is 0.00477. The standard InChI is InChI=1S/C12H21NO2/c13-11-6-5-10(7-11)12(14)15-8-9-3-1-2-4-9/h9-11H,1-8,13H2/t10-,11+/m1/s1. The van der Waals surface area contributed by atoms with Crippen molar-refractivity contribution in [1.82, 2.24) is 0 Å². The van der Waals surface area contributed by atoms with E-state index in [4.69, 9.17) is 10.5 Å². The molecule has 2 N–H and O–H groups in total. The van der Waals surface area contributed by atoms with Crippen LogP contribution in [0.1, 0.15) is 44.9 Å². The van der Waals surface area contributed by atoms with Crippen molar-refractivity contribution in [2.75, 3.05) is 6.61 Å². The number of carbonyl (C=O) groups is 1. The summed E-state index contributed by atoms with van der Waals surface area (Å²) >= 11 is 0. The van der Waals surface area contributed by atoms with Crippen LogP contribution in [0.2, 0.25) is 0 Å². The molecule has 0 spiro atoms. The molecule has 2 aliphatic carbocycles. The van der Waals surface area contributed by atoms with Gasteiger partial charge in [0.2, 0.25) is 0 Å². The Morgan fingerprint density at radius 1 is 1.20 bits per heavy atom. The van der Waals surface area contributed by atoms with E-state index in [1.807, 2.05) is 0 Å². The van der Waals surface area contributed by atoms with E-state index in [1.54, 1.807) is 0 Å². The zero-order valence-electron chi connectivity index (χ0n) is 9.28. The van der Waals surface area contributed by atoms with Crippen molar-refractivity contribution in [3.63, 3.8) is 0 Å². The molecular formula is C12H21NO2. The predicted octanol–water partition coefficient (Wildman–Crippen LogP) is 1.85. The summed E-state index contributed by atoms with van der Waals surface area (Å²) in [5.41, 5.74) is 5.77. The molecule has 0 aliphatic heterocycles. The molecule has 0 aromatic heterocycles. The number of carbonyl (C=O) groups excluding carboxylic acids is 1. The van der Waals surface area contributed by atoms with Crippen molar-refractivity contribution >= 4 is 5.97 Å². The third kappa shape index (κ3) is 2.94. The van der Waals surface area contributed by atoms with Crippen LogP contribution in [0.5, 0.6) is 0 Å². The van der Waals surface area contributed by atoms with Gasteiger partial charge >= 0.3 is 5.97 Å².